The number of nitrogens with one attached hydrogen (secondary N) is 1. The van der Waals surface area contributed by atoms with Crippen LogP contribution < -0.4 is 4.72 Å². The molecule has 1 amide bonds. The van der Waals surface area contributed by atoms with Crippen LogP contribution in [0.15, 0.2) is 29.2 Å². The summed E-state index contributed by atoms with van der Waals surface area (Å²) in [6, 6.07) is 7.03. The maximum atomic E-state index is 12.6. The average Bonchev–Trinajstić information content (AvgIpc) is 2.62. The average molecular weight is 413 g/mol. The first kappa shape index (κ1) is 21.6. The highest BCUT2D eigenvalue weighted by Crippen LogP contribution is 2.16. The van der Waals surface area contributed by atoms with E-state index in [0.717, 1.165) is 0 Å². The fraction of sp³-hybridized carbons (Fsp3) is 0.556. The molecule has 1 fully saturated rings. The summed E-state index contributed by atoms with van der Waals surface area (Å²) in [5.74, 6) is -0.0624. The monoisotopic (exact) mass is 412 g/mol. The highest BCUT2D eigenvalue weighted by molar-refractivity contribution is 7.89. The highest BCUT2D eigenvalue weighted by atomic mass is 35.5. The molecular formula is C18H25ClN4O3S. The summed E-state index contributed by atoms with van der Waals surface area (Å²) >= 11 is 5.78. The number of carbonyl (C=O) groups is 1. The summed E-state index contributed by atoms with van der Waals surface area (Å²) < 4.78 is 27.3. The first-order valence-corrected chi connectivity index (χ1v) is 10.7. The maximum absolute atomic E-state index is 12.6. The Morgan fingerprint density at radius 3 is 2.19 bits per heavy atom. The minimum atomic E-state index is -3.81. The summed E-state index contributed by atoms with van der Waals surface area (Å²) in [7, 11) is -3.81. The van der Waals surface area contributed by atoms with E-state index in [0.29, 0.717) is 31.2 Å². The number of hydrogen-bond acceptors (Lipinski definition) is 5. The molecule has 1 aromatic carbocycles. The van der Waals surface area contributed by atoms with Gasteiger partial charge in [-0.1, -0.05) is 25.4 Å². The second-order valence-corrected chi connectivity index (χ2v) is 9.13. The molecular weight excluding hydrogens is 388 g/mol. The van der Waals surface area contributed by atoms with Crippen molar-refractivity contribution in [3.05, 3.63) is 29.3 Å². The summed E-state index contributed by atoms with van der Waals surface area (Å²) in [5.41, 5.74) is 0. The lowest BCUT2D eigenvalue weighted by molar-refractivity contribution is -0.134. The highest BCUT2D eigenvalue weighted by Gasteiger charge is 2.31. The second-order valence-electron chi connectivity index (χ2n) is 6.98. The molecule has 1 aromatic rings. The molecule has 7 nitrogen and oxygen atoms in total. The van der Waals surface area contributed by atoms with Crippen molar-refractivity contribution in [3.63, 3.8) is 0 Å². The molecule has 27 heavy (non-hydrogen) atoms. The van der Waals surface area contributed by atoms with Gasteiger partial charge in [-0.3, -0.25) is 9.69 Å². The Morgan fingerprint density at radius 2 is 1.70 bits per heavy atom. The number of sulfonamides is 1. The van der Waals surface area contributed by atoms with E-state index in [4.69, 9.17) is 11.6 Å². The molecule has 1 N–H and O–H groups in total. The number of piperazine rings is 1. The smallest absolute Gasteiger partial charge is 0.241 e. The lowest BCUT2D eigenvalue weighted by atomic mass is 10.0. The van der Waals surface area contributed by atoms with Gasteiger partial charge in [0.05, 0.1) is 17.0 Å². The topological polar surface area (TPSA) is 93.5 Å². The van der Waals surface area contributed by atoms with Gasteiger partial charge in [-0.2, -0.15) is 9.98 Å². The van der Waals surface area contributed by atoms with Gasteiger partial charge in [-0.05, 0) is 37.1 Å². The van der Waals surface area contributed by atoms with Crippen LogP contribution in [-0.2, 0) is 14.8 Å². The molecule has 1 unspecified atom stereocenters. The van der Waals surface area contributed by atoms with E-state index in [1.54, 1.807) is 4.90 Å². The fourth-order valence-corrected chi connectivity index (χ4v) is 4.43. The zero-order valence-electron chi connectivity index (χ0n) is 15.7. The van der Waals surface area contributed by atoms with Gasteiger partial charge in [-0.15, -0.1) is 0 Å². The molecule has 148 valence electrons. The van der Waals surface area contributed by atoms with Crippen LogP contribution in [0.1, 0.15) is 20.8 Å². The minimum Gasteiger partial charge on any atom is -0.339 e. The standard InChI is InChI=1S/C18H25ClN4O3S/c1-13(2)17(12-20)22-8-10-23(11-9-22)18(24)14(3)21-27(25,26)16-6-4-15(19)5-7-16/h4-7,13-14,17,21H,8-11H2,1-3H3/t14-,17?/m0/s1. The first-order valence-electron chi connectivity index (χ1n) is 8.86. The Kier molecular flexibility index (Phi) is 7.23. The molecule has 0 bridgehead atoms. The predicted octanol–water partition coefficient (Wildman–Crippen LogP) is 1.70. The number of nitrogens with zero attached hydrogens (tertiary/aromatic N) is 3. The van der Waals surface area contributed by atoms with Crippen LogP contribution in [0.3, 0.4) is 0 Å². The van der Waals surface area contributed by atoms with E-state index in [2.05, 4.69) is 15.7 Å². The predicted molar refractivity (Wildman–Crippen MR) is 104 cm³/mol. The second kappa shape index (κ2) is 9.02. The number of carbonyl (C=O) groups excluding carboxylic acids is 1. The first-order chi connectivity index (χ1) is 12.7. The van der Waals surface area contributed by atoms with Gasteiger partial charge in [0.25, 0.3) is 0 Å². The minimum absolute atomic E-state index is 0.0603. The van der Waals surface area contributed by atoms with E-state index < -0.39 is 16.1 Å². The molecule has 0 radical (unpaired) electrons. The maximum Gasteiger partial charge on any atom is 0.241 e. The van der Waals surface area contributed by atoms with Gasteiger partial charge < -0.3 is 4.90 Å². The van der Waals surface area contributed by atoms with Crippen molar-refractivity contribution in [3.8, 4) is 6.07 Å². The zero-order valence-corrected chi connectivity index (χ0v) is 17.3. The molecule has 1 saturated heterocycles. The Morgan fingerprint density at radius 1 is 1.15 bits per heavy atom. The van der Waals surface area contributed by atoms with Crippen LogP contribution in [0.2, 0.25) is 5.02 Å². The van der Waals surface area contributed by atoms with Gasteiger partial charge in [0.2, 0.25) is 15.9 Å². The number of amides is 1. The van der Waals surface area contributed by atoms with Crippen molar-refractivity contribution < 1.29 is 13.2 Å². The molecule has 1 aliphatic rings. The van der Waals surface area contributed by atoms with Crippen molar-refractivity contribution in [2.24, 2.45) is 5.92 Å². The van der Waals surface area contributed by atoms with Crippen LogP contribution in [0.25, 0.3) is 0 Å². The molecule has 0 saturated carbocycles. The van der Waals surface area contributed by atoms with Crippen LogP contribution in [0, 0.1) is 17.2 Å². The van der Waals surface area contributed by atoms with Crippen molar-refractivity contribution >= 4 is 27.5 Å². The lowest BCUT2D eigenvalue weighted by Gasteiger charge is -2.38. The van der Waals surface area contributed by atoms with E-state index in [-0.39, 0.29) is 22.8 Å². The molecule has 1 aliphatic heterocycles. The molecule has 0 aliphatic carbocycles. The number of nitriles is 1. The van der Waals surface area contributed by atoms with Crippen molar-refractivity contribution in [1.82, 2.24) is 14.5 Å². The summed E-state index contributed by atoms with van der Waals surface area (Å²) in [6.45, 7) is 7.66. The fourth-order valence-electron chi connectivity index (χ4n) is 3.11. The summed E-state index contributed by atoms with van der Waals surface area (Å²) in [5, 5.41) is 9.75. The van der Waals surface area contributed by atoms with Gasteiger partial charge in [0.15, 0.2) is 0 Å². The van der Waals surface area contributed by atoms with Crippen LogP contribution >= 0.6 is 11.6 Å². The lowest BCUT2D eigenvalue weighted by Crippen LogP contribution is -2.56. The van der Waals surface area contributed by atoms with Crippen LogP contribution in [-0.4, -0.2) is 62.4 Å². The third kappa shape index (κ3) is 5.42. The number of rotatable bonds is 6. The SMILES string of the molecule is CC(C)C(C#N)N1CCN(C(=O)[C@H](C)NS(=O)(=O)c2ccc(Cl)cc2)CC1. The van der Waals surface area contributed by atoms with Gasteiger partial charge in [0.1, 0.15) is 6.04 Å². The number of hydrogen-bond donors (Lipinski definition) is 1. The van der Waals surface area contributed by atoms with Crippen molar-refractivity contribution in [2.75, 3.05) is 26.2 Å². The zero-order chi connectivity index (χ0) is 20.2. The molecule has 0 spiro atoms. The molecule has 9 heteroatoms. The Balaban J connectivity index is 1.96. The summed E-state index contributed by atoms with van der Waals surface area (Å²) in [6.07, 6.45) is 0. The van der Waals surface area contributed by atoms with Crippen molar-refractivity contribution in [1.29, 1.82) is 5.26 Å². The van der Waals surface area contributed by atoms with Gasteiger partial charge in [-0.25, -0.2) is 8.42 Å². The van der Waals surface area contributed by atoms with E-state index in [1.807, 2.05) is 13.8 Å². The molecule has 0 aromatic heterocycles. The Hall–Kier alpha value is -1.66. The van der Waals surface area contributed by atoms with Gasteiger partial charge >= 0.3 is 0 Å². The molecule has 2 atom stereocenters. The number of benzene rings is 1. The van der Waals surface area contributed by atoms with E-state index >= 15 is 0 Å². The van der Waals surface area contributed by atoms with Crippen LogP contribution in [0.5, 0.6) is 0 Å². The Bertz CT molecular complexity index is 797. The third-order valence-corrected chi connectivity index (χ3v) is 6.42. The van der Waals surface area contributed by atoms with Crippen molar-refractivity contribution in [2.45, 2.75) is 37.8 Å². The quantitative estimate of drug-likeness (QED) is 0.767. The van der Waals surface area contributed by atoms with Gasteiger partial charge in [0, 0.05) is 31.2 Å². The van der Waals surface area contributed by atoms with Crippen LogP contribution in [0.4, 0.5) is 0 Å². The summed E-state index contributed by atoms with van der Waals surface area (Å²) in [4.78, 5) is 16.4. The normalized spacial score (nSPS) is 18.1. The molecule has 1 heterocycles. The third-order valence-electron chi connectivity index (χ3n) is 4.61. The van der Waals surface area contributed by atoms with E-state index in [1.165, 1.54) is 31.2 Å². The van der Waals surface area contributed by atoms with E-state index in [9.17, 15) is 18.5 Å². The Labute approximate surface area is 165 Å². The largest absolute Gasteiger partial charge is 0.339 e. The number of halogens is 1. The molecule has 2 rings (SSSR count).